The minimum Gasteiger partial charge on any atom is -0.216 e. The summed E-state index contributed by atoms with van der Waals surface area (Å²) in [5.41, 5.74) is 0.983. The summed E-state index contributed by atoms with van der Waals surface area (Å²) in [4.78, 5) is 1.10. The van der Waals surface area contributed by atoms with Gasteiger partial charge in [-0.25, -0.2) is 5.14 Å². The highest BCUT2D eigenvalue weighted by molar-refractivity contribution is 9.10. The fraction of sp³-hybridized carbons (Fsp3) is 0.400. The highest BCUT2D eigenvalue weighted by atomic mass is 79.9. The van der Waals surface area contributed by atoms with E-state index in [0.717, 1.165) is 20.7 Å². The van der Waals surface area contributed by atoms with Crippen LogP contribution in [0.1, 0.15) is 18.5 Å². The zero-order valence-corrected chi connectivity index (χ0v) is 12.4. The van der Waals surface area contributed by atoms with Crippen LogP contribution in [0.5, 0.6) is 0 Å². The molecule has 0 aliphatic carbocycles. The molecule has 1 aromatic carbocycles. The van der Waals surface area contributed by atoms with E-state index in [0.29, 0.717) is 0 Å². The van der Waals surface area contributed by atoms with E-state index in [-0.39, 0.29) is 12.0 Å². The van der Waals surface area contributed by atoms with Crippen LogP contribution in [0.15, 0.2) is 27.6 Å². The molecule has 17 heavy (non-hydrogen) atoms. The first kappa shape index (κ1) is 13.4. The molecule has 2 rings (SSSR count). The Balaban J connectivity index is 2.42. The van der Waals surface area contributed by atoms with Gasteiger partial charge in [0.15, 0.2) is 0 Å². The van der Waals surface area contributed by atoms with Gasteiger partial charge in [0.1, 0.15) is 0 Å². The number of thioether (sulfide) groups is 1. The van der Waals surface area contributed by atoms with Gasteiger partial charge in [-0.2, -0.15) is 13.1 Å². The number of nitrogens with two attached hydrogens (primary N) is 1. The molecule has 0 spiro atoms. The number of nitrogens with one attached hydrogen (secondary N) is 1. The molecule has 3 N–H and O–H groups in total. The summed E-state index contributed by atoms with van der Waals surface area (Å²) in [5.74, 6) is 1.09. The maximum atomic E-state index is 11.2. The average Bonchev–Trinajstić information content (AvgIpc) is 2.21. The first-order valence-electron chi connectivity index (χ1n) is 5.09. The van der Waals surface area contributed by atoms with Crippen LogP contribution in [0.2, 0.25) is 0 Å². The second-order valence-corrected chi connectivity index (χ2v) is 7.41. The van der Waals surface area contributed by atoms with E-state index in [4.69, 9.17) is 5.14 Å². The summed E-state index contributed by atoms with van der Waals surface area (Å²) in [6.07, 6.45) is 0. The van der Waals surface area contributed by atoms with Crippen molar-refractivity contribution in [1.82, 2.24) is 4.72 Å². The molecular weight excluding hydrogens is 324 g/mol. The van der Waals surface area contributed by atoms with Crippen molar-refractivity contribution < 1.29 is 8.42 Å². The van der Waals surface area contributed by atoms with Gasteiger partial charge in [-0.05, 0) is 29.7 Å². The lowest BCUT2D eigenvalue weighted by atomic mass is 9.96. The highest BCUT2D eigenvalue weighted by Crippen LogP contribution is 2.40. The van der Waals surface area contributed by atoms with E-state index < -0.39 is 10.2 Å². The Hall–Kier alpha value is -0.0800. The second-order valence-electron chi connectivity index (χ2n) is 4.11. The summed E-state index contributed by atoms with van der Waals surface area (Å²) in [6, 6.07) is 5.64. The number of hydrogen-bond donors (Lipinski definition) is 2. The number of benzene rings is 1. The Kier molecular flexibility index (Phi) is 3.84. The molecule has 7 heteroatoms. The highest BCUT2D eigenvalue weighted by Gasteiger charge is 2.29. The van der Waals surface area contributed by atoms with E-state index in [1.165, 1.54) is 0 Å². The molecule has 0 amide bonds. The lowest BCUT2D eigenvalue weighted by Crippen LogP contribution is -2.39. The number of hydrogen-bond acceptors (Lipinski definition) is 3. The first-order chi connectivity index (χ1) is 7.87. The van der Waals surface area contributed by atoms with Crippen molar-refractivity contribution in [2.24, 2.45) is 11.1 Å². The van der Waals surface area contributed by atoms with Crippen LogP contribution in [-0.2, 0) is 10.2 Å². The average molecular weight is 337 g/mol. The zero-order valence-electron chi connectivity index (χ0n) is 9.18. The summed E-state index contributed by atoms with van der Waals surface area (Å²) in [6.45, 7) is 2.01. The van der Waals surface area contributed by atoms with Crippen LogP contribution in [0.25, 0.3) is 0 Å². The van der Waals surface area contributed by atoms with Gasteiger partial charge in [0, 0.05) is 15.1 Å². The SMILES string of the molecule is CC1CSc2ccc(Br)cc2C1NS(N)(=O)=O. The lowest BCUT2D eigenvalue weighted by molar-refractivity contribution is 0.458. The Bertz CT molecular complexity index is 533. The van der Waals surface area contributed by atoms with Crippen molar-refractivity contribution in [3.8, 4) is 0 Å². The minimum atomic E-state index is -3.69. The maximum absolute atomic E-state index is 11.2. The van der Waals surface area contributed by atoms with Crippen molar-refractivity contribution in [3.05, 3.63) is 28.2 Å². The summed E-state index contributed by atoms with van der Waals surface area (Å²) < 4.78 is 25.8. The van der Waals surface area contributed by atoms with Gasteiger partial charge >= 0.3 is 0 Å². The quantitative estimate of drug-likeness (QED) is 0.867. The van der Waals surface area contributed by atoms with E-state index in [9.17, 15) is 8.42 Å². The molecule has 1 heterocycles. The summed E-state index contributed by atoms with van der Waals surface area (Å²) in [5, 5.41) is 5.07. The largest absolute Gasteiger partial charge is 0.274 e. The maximum Gasteiger partial charge on any atom is 0.274 e. The van der Waals surface area contributed by atoms with Gasteiger partial charge in [-0.1, -0.05) is 22.9 Å². The van der Waals surface area contributed by atoms with Crippen LogP contribution < -0.4 is 9.86 Å². The molecule has 0 bridgehead atoms. The van der Waals surface area contributed by atoms with Crippen molar-refractivity contribution in [1.29, 1.82) is 0 Å². The van der Waals surface area contributed by atoms with Crippen LogP contribution in [-0.4, -0.2) is 14.2 Å². The molecule has 4 nitrogen and oxygen atoms in total. The van der Waals surface area contributed by atoms with Crippen molar-refractivity contribution in [2.75, 3.05) is 5.75 Å². The molecular formula is C10H13BrN2O2S2. The van der Waals surface area contributed by atoms with Gasteiger partial charge in [0.2, 0.25) is 0 Å². The van der Waals surface area contributed by atoms with Gasteiger partial charge in [-0.15, -0.1) is 11.8 Å². The standard InChI is InChI=1S/C10H13BrN2O2S2/c1-6-5-16-9-3-2-7(11)4-8(9)10(6)13-17(12,14)15/h2-4,6,10,13H,5H2,1H3,(H2,12,14,15). The van der Waals surface area contributed by atoms with Crippen LogP contribution >= 0.6 is 27.7 Å². The minimum absolute atomic E-state index is 0.208. The van der Waals surface area contributed by atoms with Gasteiger partial charge in [0.25, 0.3) is 10.2 Å². The first-order valence-corrected chi connectivity index (χ1v) is 8.41. The Morgan fingerprint density at radius 3 is 2.88 bits per heavy atom. The lowest BCUT2D eigenvalue weighted by Gasteiger charge is -2.30. The van der Waals surface area contributed by atoms with Crippen molar-refractivity contribution in [3.63, 3.8) is 0 Å². The third-order valence-corrected chi connectivity index (χ3v) is 5.12. The Labute approximate surface area is 114 Å². The third-order valence-electron chi connectivity index (χ3n) is 2.67. The van der Waals surface area contributed by atoms with Crippen molar-refractivity contribution >= 4 is 37.9 Å². The molecule has 0 radical (unpaired) electrons. The monoisotopic (exact) mass is 336 g/mol. The molecule has 1 aliphatic rings. The number of rotatable bonds is 2. The fourth-order valence-corrected chi connectivity index (χ4v) is 4.12. The second kappa shape index (κ2) is 4.89. The fourth-order valence-electron chi connectivity index (χ4n) is 1.87. The Morgan fingerprint density at radius 2 is 2.24 bits per heavy atom. The van der Waals surface area contributed by atoms with Gasteiger partial charge in [-0.3, -0.25) is 0 Å². The molecule has 94 valence electrons. The predicted octanol–water partition coefficient (Wildman–Crippen LogP) is 2.03. The van der Waals surface area contributed by atoms with E-state index in [2.05, 4.69) is 20.7 Å². The number of halogens is 1. The molecule has 1 aromatic rings. The molecule has 0 saturated carbocycles. The molecule has 0 fully saturated rings. The molecule has 2 atom stereocenters. The molecule has 1 aliphatic heterocycles. The van der Waals surface area contributed by atoms with Crippen molar-refractivity contribution in [2.45, 2.75) is 17.9 Å². The normalized spacial score (nSPS) is 24.4. The molecule has 0 aromatic heterocycles. The molecule has 2 unspecified atom stereocenters. The third kappa shape index (κ3) is 3.23. The summed E-state index contributed by atoms with van der Waals surface area (Å²) >= 11 is 5.14. The topological polar surface area (TPSA) is 72.2 Å². The van der Waals surface area contributed by atoms with Gasteiger partial charge in [0.05, 0.1) is 6.04 Å². The number of fused-ring (bicyclic) bond motifs is 1. The van der Waals surface area contributed by atoms with E-state index >= 15 is 0 Å². The van der Waals surface area contributed by atoms with E-state index in [1.54, 1.807) is 11.8 Å². The predicted molar refractivity (Wildman–Crippen MR) is 73.0 cm³/mol. The van der Waals surface area contributed by atoms with Crippen LogP contribution in [0, 0.1) is 5.92 Å². The zero-order chi connectivity index (χ0) is 12.6. The van der Waals surface area contributed by atoms with Crippen LogP contribution in [0.3, 0.4) is 0 Å². The molecule has 0 saturated heterocycles. The Morgan fingerprint density at radius 1 is 1.53 bits per heavy atom. The smallest absolute Gasteiger partial charge is 0.216 e. The van der Waals surface area contributed by atoms with Gasteiger partial charge < -0.3 is 0 Å². The van der Waals surface area contributed by atoms with E-state index in [1.807, 2.05) is 25.1 Å². The van der Waals surface area contributed by atoms with Crippen LogP contribution in [0.4, 0.5) is 0 Å². The summed E-state index contributed by atoms with van der Waals surface area (Å²) in [7, 11) is -3.69.